The van der Waals surface area contributed by atoms with Crippen molar-refractivity contribution in [3.8, 4) is 22.4 Å². The molecule has 3 aromatic heterocycles. The van der Waals surface area contributed by atoms with Gasteiger partial charge in [-0.05, 0) is 42.3 Å². The Hall–Kier alpha value is -2.79. The zero-order chi connectivity index (χ0) is 16.4. The number of hydrogen-bond acceptors (Lipinski definition) is 4. The Morgan fingerprint density at radius 2 is 1.83 bits per heavy atom. The molecule has 0 unspecified atom stereocenters. The molecule has 118 valence electrons. The molecule has 0 amide bonds. The molecule has 0 radical (unpaired) electrons. The summed E-state index contributed by atoms with van der Waals surface area (Å²) in [6.07, 6.45) is 5.67. The Balaban J connectivity index is 1.63. The van der Waals surface area contributed by atoms with E-state index in [0.717, 1.165) is 22.0 Å². The fourth-order valence-electron chi connectivity index (χ4n) is 2.66. The number of thiazole rings is 1. The molecule has 0 saturated heterocycles. The van der Waals surface area contributed by atoms with Gasteiger partial charge in [0, 0.05) is 35.2 Å². The molecule has 0 aliphatic heterocycles. The Kier molecular flexibility index (Phi) is 3.92. The molecule has 4 rings (SSSR count). The van der Waals surface area contributed by atoms with Gasteiger partial charge in [0.2, 0.25) is 0 Å². The highest BCUT2D eigenvalue weighted by molar-refractivity contribution is 7.09. The standard InChI is InChI=1S/C19H16N4S/c1-14-11-16(5-7-20-14)15-3-2-4-17(12-15)18-6-9-23(22-18)13-19-21-8-10-24-19/h2-12H,13H2,1H3. The molecule has 0 N–H and O–H groups in total. The van der Waals surface area contributed by atoms with Gasteiger partial charge < -0.3 is 0 Å². The third-order valence-electron chi connectivity index (χ3n) is 3.81. The van der Waals surface area contributed by atoms with Crippen LogP contribution in [0.3, 0.4) is 0 Å². The van der Waals surface area contributed by atoms with E-state index in [0.29, 0.717) is 6.54 Å². The minimum Gasteiger partial charge on any atom is -0.265 e. The van der Waals surface area contributed by atoms with Crippen LogP contribution in [0.4, 0.5) is 0 Å². The molecule has 1 aromatic carbocycles. The van der Waals surface area contributed by atoms with E-state index >= 15 is 0 Å². The lowest BCUT2D eigenvalue weighted by Crippen LogP contribution is -1.99. The molecule has 4 aromatic rings. The first kappa shape index (κ1) is 14.8. The number of aromatic nitrogens is 4. The maximum Gasteiger partial charge on any atom is 0.114 e. The smallest absolute Gasteiger partial charge is 0.114 e. The molecule has 0 saturated carbocycles. The van der Waals surface area contributed by atoms with Crippen molar-refractivity contribution in [3.63, 3.8) is 0 Å². The summed E-state index contributed by atoms with van der Waals surface area (Å²) in [5.41, 5.74) is 5.45. The van der Waals surface area contributed by atoms with Crippen molar-refractivity contribution in [1.82, 2.24) is 19.7 Å². The Morgan fingerprint density at radius 1 is 0.958 bits per heavy atom. The van der Waals surface area contributed by atoms with E-state index in [4.69, 9.17) is 0 Å². The van der Waals surface area contributed by atoms with E-state index in [-0.39, 0.29) is 0 Å². The minimum absolute atomic E-state index is 0.709. The molecule has 0 fully saturated rings. The van der Waals surface area contributed by atoms with Crippen molar-refractivity contribution in [2.24, 2.45) is 0 Å². The van der Waals surface area contributed by atoms with Crippen molar-refractivity contribution in [3.05, 3.63) is 77.1 Å². The van der Waals surface area contributed by atoms with Crippen LogP contribution in [0.2, 0.25) is 0 Å². The lowest BCUT2D eigenvalue weighted by molar-refractivity contribution is 0.686. The largest absolute Gasteiger partial charge is 0.265 e. The molecule has 5 heteroatoms. The van der Waals surface area contributed by atoms with Gasteiger partial charge in [-0.3, -0.25) is 9.67 Å². The van der Waals surface area contributed by atoms with Gasteiger partial charge in [0.25, 0.3) is 0 Å². The van der Waals surface area contributed by atoms with Gasteiger partial charge in [-0.15, -0.1) is 11.3 Å². The van der Waals surface area contributed by atoms with E-state index < -0.39 is 0 Å². The monoisotopic (exact) mass is 332 g/mol. The van der Waals surface area contributed by atoms with Gasteiger partial charge in [0.1, 0.15) is 5.01 Å². The predicted octanol–water partition coefficient (Wildman–Crippen LogP) is 4.43. The van der Waals surface area contributed by atoms with E-state index in [1.807, 2.05) is 47.7 Å². The van der Waals surface area contributed by atoms with Crippen LogP contribution in [0.1, 0.15) is 10.7 Å². The predicted molar refractivity (Wildman–Crippen MR) is 96.8 cm³/mol. The van der Waals surface area contributed by atoms with Crippen molar-refractivity contribution in [1.29, 1.82) is 0 Å². The Morgan fingerprint density at radius 3 is 2.67 bits per heavy atom. The summed E-state index contributed by atoms with van der Waals surface area (Å²) in [5, 5.41) is 7.73. The molecule has 0 bridgehead atoms. The average Bonchev–Trinajstić information content (AvgIpc) is 3.27. The van der Waals surface area contributed by atoms with Gasteiger partial charge >= 0.3 is 0 Å². The molecule has 0 aliphatic carbocycles. The Bertz CT molecular complexity index is 957. The van der Waals surface area contributed by atoms with Gasteiger partial charge in [-0.1, -0.05) is 18.2 Å². The summed E-state index contributed by atoms with van der Waals surface area (Å²) in [5.74, 6) is 0. The lowest BCUT2D eigenvalue weighted by atomic mass is 10.0. The topological polar surface area (TPSA) is 43.6 Å². The number of nitrogens with zero attached hydrogens (tertiary/aromatic N) is 4. The lowest BCUT2D eigenvalue weighted by Gasteiger charge is -2.05. The molecular formula is C19H16N4S. The van der Waals surface area contributed by atoms with Crippen molar-refractivity contribution in [2.45, 2.75) is 13.5 Å². The van der Waals surface area contributed by atoms with E-state index in [9.17, 15) is 0 Å². The van der Waals surface area contributed by atoms with Crippen LogP contribution >= 0.6 is 11.3 Å². The second-order valence-electron chi connectivity index (χ2n) is 5.59. The Labute approximate surface area is 144 Å². The molecular weight excluding hydrogens is 316 g/mol. The minimum atomic E-state index is 0.709. The molecule has 0 aliphatic rings. The summed E-state index contributed by atoms with van der Waals surface area (Å²) >= 11 is 1.65. The number of aryl methyl sites for hydroxylation is 1. The summed E-state index contributed by atoms with van der Waals surface area (Å²) in [6.45, 7) is 2.72. The van der Waals surface area contributed by atoms with E-state index in [1.165, 1.54) is 11.1 Å². The van der Waals surface area contributed by atoms with Crippen LogP contribution < -0.4 is 0 Å². The van der Waals surface area contributed by atoms with Gasteiger partial charge in [-0.25, -0.2) is 4.98 Å². The van der Waals surface area contributed by atoms with Crippen LogP contribution in [0, 0.1) is 6.92 Å². The maximum atomic E-state index is 4.68. The number of rotatable bonds is 4. The second kappa shape index (κ2) is 6.37. The van der Waals surface area contributed by atoms with Gasteiger partial charge in [0.15, 0.2) is 0 Å². The highest BCUT2D eigenvalue weighted by Crippen LogP contribution is 2.25. The first-order valence-electron chi connectivity index (χ1n) is 7.73. The fourth-order valence-corrected chi connectivity index (χ4v) is 3.26. The van der Waals surface area contributed by atoms with Crippen LogP contribution in [-0.2, 0) is 6.54 Å². The average molecular weight is 332 g/mol. The zero-order valence-corrected chi connectivity index (χ0v) is 14.1. The summed E-state index contributed by atoms with van der Waals surface area (Å²) in [4.78, 5) is 8.57. The molecule has 0 atom stereocenters. The van der Waals surface area contributed by atoms with Crippen molar-refractivity contribution < 1.29 is 0 Å². The number of benzene rings is 1. The summed E-state index contributed by atoms with van der Waals surface area (Å²) in [7, 11) is 0. The molecule has 0 spiro atoms. The third-order valence-corrected chi connectivity index (χ3v) is 4.57. The summed E-state index contributed by atoms with van der Waals surface area (Å²) in [6, 6.07) is 14.6. The van der Waals surface area contributed by atoms with E-state index in [2.05, 4.69) is 45.4 Å². The fraction of sp³-hybridized carbons (Fsp3) is 0.105. The zero-order valence-electron chi connectivity index (χ0n) is 13.3. The molecule has 4 nitrogen and oxygen atoms in total. The molecule has 24 heavy (non-hydrogen) atoms. The van der Waals surface area contributed by atoms with Crippen LogP contribution in [0.15, 0.2) is 66.4 Å². The number of pyridine rings is 1. The quantitative estimate of drug-likeness (QED) is 0.555. The van der Waals surface area contributed by atoms with E-state index in [1.54, 1.807) is 11.3 Å². The van der Waals surface area contributed by atoms with Crippen LogP contribution in [0.25, 0.3) is 22.4 Å². The van der Waals surface area contributed by atoms with Crippen LogP contribution in [0.5, 0.6) is 0 Å². The molecule has 3 heterocycles. The van der Waals surface area contributed by atoms with Crippen molar-refractivity contribution >= 4 is 11.3 Å². The normalized spacial score (nSPS) is 10.9. The van der Waals surface area contributed by atoms with Crippen molar-refractivity contribution in [2.75, 3.05) is 0 Å². The maximum absolute atomic E-state index is 4.68. The number of hydrogen-bond donors (Lipinski definition) is 0. The summed E-state index contributed by atoms with van der Waals surface area (Å²) < 4.78 is 1.93. The first-order valence-corrected chi connectivity index (χ1v) is 8.61. The van der Waals surface area contributed by atoms with Gasteiger partial charge in [0.05, 0.1) is 12.2 Å². The third kappa shape index (κ3) is 3.12. The SMILES string of the molecule is Cc1cc(-c2cccc(-c3ccn(Cc4nccs4)n3)c2)ccn1. The first-order chi connectivity index (χ1) is 11.8. The van der Waals surface area contributed by atoms with Crippen LogP contribution in [-0.4, -0.2) is 19.7 Å². The highest BCUT2D eigenvalue weighted by atomic mass is 32.1. The second-order valence-corrected chi connectivity index (χ2v) is 6.57. The van der Waals surface area contributed by atoms with Gasteiger partial charge in [-0.2, -0.15) is 5.10 Å². The highest BCUT2D eigenvalue weighted by Gasteiger charge is 2.06.